The van der Waals surface area contributed by atoms with Gasteiger partial charge in [-0.25, -0.2) is 4.79 Å². The molecule has 8 nitrogen and oxygen atoms in total. The van der Waals surface area contributed by atoms with E-state index < -0.39 is 36.5 Å². The van der Waals surface area contributed by atoms with Crippen LogP contribution in [0.2, 0.25) is 10.0 Å². The molecule has 1 atom stereocenters. The number of imide groups is 1. The van der Waals surface area contributed by atoms with Crippen LogP contribution in [0.5, 0.6) is 0 Å². The molecule has 4 amide bonds. The van der Waals surface area contributed by atoms with Crippen LogP contribution in [-0.2, 0) is 14.3 Å². The second-order valence-electron chi connectivity index (χ2n) is 5.66. The number of halogens is 2. The maximum Gasteiger partial charge on any atom is 0.326 e. The highest BCUT2D eigenvalue weighted by atomic mass is 35.5. The molecule has 0 saturated heterocycles. The number of carbonyl (C=O) groups excluding carboxylic acids is 4. The van der Waals surface area contributed by atoms with E-state index in [-0.39, 0.29) is 15.6 Å². The molecule has 0 saturated carbocycles. The van der Waals surface area contributed by atoms with Crippen LogP contribution in [0.15, 0.2) is 48.5 Å². The summed E-state index contributed by atoms with van der Waals surface area (Å²) < 4.78 is 5.18. The second-order valence-corrected chi connectivity index (χ2v) is 6.47. The van der Waals surface area contributed by atoms with Gasteiger partial charge in [-0.15, -0.1) is 0 Å². The highest BCUT2D eigenvalue weighted by Gasteiger charge is 2.26. The van der Waals surface area contributed by atoms with Gasteiger partial charge in [-0.2, -0.15) is 0 Å². The average molecular weight is 438 g/mol. The Balaban J connectivity index is 2.03. The standard InChI is InChI=1S/C19H17Cl2N3O5/c1-22-19(28)24-18(27)16(11-5-3-2-4-6-11)29-15(25)10-23-17(26)12-7-8-13(20)14(21)9-12/h2-9,16H,10H2,1H3,(H,23,26)(H2,22,24,27,28). The van der Waals surface area contributed by atoms with Crippen molar-refractivity contribution in [2.24, 2.45) is 0 Å². The molecule has 3 N–H and O–H groups in total. The van der Waals surface area contributed by atoms with Crippen molar-refractivity contribution in [3.8, 4) is 0 Å². The molecule has 29 heavy (non-hydrogen) atoms. The van der Waals surface area contributed by atoms with Crippen LogP contribution >= 0.6 is 23.2 Å². The molecule has 2 aromatic rings. The maximum absolute atomic E-state index is 12.3. The van der Waals surface area contributed by atoms with Crippen molar-refractivity contribution >= 4 is 47.0 Å². The van der Waals surface area contributed by atoms with E-state index in [2.05, 4.69) is 16.0 Å². The van der Waals surface area contributed by atoms with Crippen molar-refractivity contribution in [2.75, 3.05) is 13.6 Å². The summed E-state index contributed by atoms with van der Waals surface area (Å²) in [5, 5.41) is 7.13. The number of rotatable bonds is 6. The molecular weight excluding hydrogens is 421 g/mol. The summed E-state index contributed by atoms with van der Waals surface area (Å²) in [4.78, 5) is 48.0. The van der Waals surface area contributed by atoms with Crippen molar-refractivity contribution in [3.63, 3.8) is 0 Å². The molecular formula is C19H17Cl2N3O5. The van der Waals surface area contributed by atoms with Gasteiger partial charge in [-0.05, 0) is 18.2 Å². The number of amides is 4. The molecule has 0 fully saturated rings. The summed E-state index contributed by atoms with van der Waals surface area (Å²) in [6.07, 6.45) is -1.37. The summed E-state index contributed by atoms with van der Waals surface area (Å²) in [5.41, 5.74) is 0.558. The molecule has 0 aromatic heterocycles. The molecule has 10 heteroatoms. The number of carbonyl (C=O) groups is 4. The normalized spacial score (nSPS) is 11.1. The Kier molecular flexibility index (Phi) is 7.99. The van der Waals surface area contributed by atoms with Crippen LogP contribution in [-0.4, -0.2) is 37.4 Å². The number of hydrogen-bond acceptors (Lipinski definition) is 5. The summed E-state index contributed by atoms with van der Waals surface area (Å²) in [7, 11) is 1.34. The van der Waals surface area contributed by atoms with Crippen LogP contribution in [0, 0.1) is 0 Å². The Morgan fingerprint density at radius 3 is 2.31 bits per heavy atom. The SMILES string of the molecule is CNC(=O)NC(=O)C(OC(=O)CNC(=O)c1ccc(Cl)c(Cl)c1)c1ccccc1. The molecule has 0 heterocycles. The largest absolute Gasteiger partial charge is 0.446 e. The van der Waals surface area contributed by atoms with Crippen molar-refractivity contribution in [3.05, 3.63) is 69.7 Å². The summed E-state index contributed by atoms with van der Waals surface area (Å²) in [6, 6.07) is 11.6. The van der Waals surface area contributed by atoms with E-state index in [1.54, 1.807) is 30.3 Å². The fraction of sp³-hybridized carbons (Fsp3) is 0.158. The Morgan fingerprint density at radius 1 is 1.00 bits per heavy atom. The van der Waals surface area contributed by atoms with Crippen LogP contribution < -0.4 is 16.0 Å². The molecule has 1 unspecified atom stereocenters. The highest BCUT2D eigenvalue weighted by Crippen LogP contribution is 2.22. The minimum Gasteiger partial charge on any atom is -0.446 e. The van der Waals surface area contributed by atoms with Gasteiger partial charge in [0.25, 0.3) is 11.8 Å². The predicted molar refractivity (Wildman–Crippen MR) is 107 cm³/mol. The fourth-order valence-corrected chi connectivity index (χ4v) is 2.50. The minimum absolute atomic E-state index is 0.192. The van der Waals surface area contributed by atoms with Crippen molar-refractivity contribution < 1.29 is 23.9 Å². The van der Waals surface area contributed by atoms with E-state index in [1.807, 2.05) is 0 Å². The number of nitrogens with one attached hydrogen (secondary N) is 3. The Hall–Kier alpha value is -3.10. The lowest BCUT2D eigenvalue weighted by molar-refractivity contribution is -0.155. The van der Waals surface area contributed by atoms with Crippen LogP contribution in [0.25, 0.3) is 0 Å². The summed E-state index contributed by atoms with van der Waals surface area (Å²) >= 11 is 11.7. The molecule has 0 radical (unpaired) electrons. The summed E-state index contributed by atoms with van der Waals surface area (Å²) in [5.74, 6) is -2.29. The second kappa shape index (κ2) is 10.4. The Bertz CT molecular complexity index is 921. The maximum atomic E-state index is 12.3. The molecule has 152 valence electrons. The number of urea groups is 1. The van der Waals surface area contributed by atoms with Gasteiger partial charge in [-0.3, -0.25) is 19.7 Å². The zero-order valence-electron chi connectivity index (χ0n) is 15.2. The van der Waals surface area contributed by atoms with Gasteiger partial charge in [0.1, 0.15) is 6.54 Å². The minimum atomic E-state index is -1.37. The third-order valence-corrected chi connectivity index (χ3v) is 4.37. The zero-order chi connectivity index (χ0) is 21.4. The van der Waals surface area contributed by atoms with E-state index in [0.29, 0.717) is 5.56 Å². The average Bonchev–Trinajstić information content (AvgIpc) is 2.72. The lowest BCUT2D eigenvalue weighted by Gasteiger charge is -2.17. The molecule has 0 bridgehead atoms. The topological polar surface area (TPSA) is 114 Å². The van der Waals surface area contributed by atoms with Gasteiger partial charge in [0.05, 0.1) is 10.0 Å². The monoisotopic (exact) mass is 437 g/mol. The number of esters is 1. The zero-order valence-corrected chi connectivity index (χ0v) is 16.7. The molecule has 2 rings (SSSR count). The molecule has 0 aliphatic heterocycles. The molecule has 0 spiro atoms. The van der Waals surface area contributed by atoms with Crippen molar-refractivity contribution in [1.82, 2.24) is 16.0 Å². The first-order valence-electron chi connectivity index (χ1n) is 8.32. The van der Waals surface area contributed by atoms with Gasteiger partial charge in [0.15, 0.2) is 0 Å². The van der Waals surface area contributed by atoms with E-state index in [4.69, 9.17) is 27.9 Å². The quantitative estimate of drug-likeness (QED) is 0.600. The van der Waals surface area contributed by atoms with Crippen LogP contribution in [0.4, 0.5) is 4.79 Å². The molecule has 0 aliphatic carbocycles. The highest BCUT2D eigenvalue weighted by molar-refractivity contribution is 6.42. The fourth-order valence-electron chi connectivity index (χ4n) is 2.21. The Morgan fingerprint density at radius 2 is 1.69 bits per heavy atom. The van der Waals surface area contributed by atoms with Crippen LogP contribution in [0.1, 0.15) is 22.0 Å². The smallest absolute Gasteiger partial charge is 0.326 e. The van der Waals surface area contributed by atoms with Gasteiger partial charge in [0, 0.05) is 18.2 Å². The van der Waals surface area contributed by atoms with Gasteiger partial charge < -0.3 is 15.4 Å². The van der Waals surface area contributed by atoms with Crippen molar-refractivity contribution in [1.29, 1.82) is 0 Å². The third kappa shape index (κ3) is 6.48. The van der Waals surface area contributed by atoms with Gasteiger partial charge in [0.2, 0.25) is 6.10 Å². The number of hydrogen-bond donors (Lipinski definition) is 3. The first-order valence-corrected chi connectivity index (χ1v) is 9.07. The van der Waals surface area contributed by atoms with Crippen LogP contribution in [0.3, 0.4) is 0 Å². The molecule has 0 aliphatic rings. The number of benzene rings is 2. The third-order valence-electron chi connectivity index (χ3n) is 3.63. The first-order chi connectivity index (χ1) is 13.8. The first kappa shape index (κ1) is 22.2. The van der Waals surface area contributed by atoms with Gasteiger partial charge in [-0.1, -0.05) is 53.5 Å². The lowest BCUT2D eigenvalue weighted by Crippen LogP contribution is -2.42. The van der Waals surface area contributed by atoms with E-state index in [0.717, 1.165) is 0 Å². The Labute approximate surface area is 176 Å². The summed E-state index contributed by atoms with van der Waals surface area (Å²) in [6.45, 7) is -0.504. The van der Waals surface area contributed by atoms with E-state index >= 15 is 0 Å². The van der Waals surface area contributed by atoms with Crippen molar-refractivity contribution in [2.45, 2.75) is 6.10 Å². The lowest BCUT2D eigenvalue weighted by atomic mass is 10.1. The van der Waals surface area contributed by atoms with E-state index in [1.165, 1.54) is 25.2 Å². The van der Waals surface area contributed by atoms with E-state index in [9.17, 15) is 19.2 Å². The predicted octanol–water partition coefficient (Wildman–Crippen LogP) is 2.46. The van der Waals surface area contributed by atoms with Gasteiger partial charge >= 0.3 is 12.0 Å². The number of ether oxygens (including phenoxy) is 1. The molecule has 2 aromatic carbocycles.